The van der Waals surface area contributed by atoms with E-state index in [1.165, 1.54) is 12.1 Å². The second kappa shape index (κ2) is 6.04. The minimum atomic E-state index is -1.06. The van der Waals surface area contributed by atoms with Gasteiger partial charge in [0.05, 0.1) is 24.8 Å². The molecular weight excluding hydrogens is 291 g/mol. The highest BCUT2D eigenvalue weighted by Gasteiger charge is 2.32. The number of nitrogens with zero attached hydrogens (tertiary/aromatic N) is 1. The average Bonchev–Trinajstić information content (AvgIpc) is 2.86. The zero-order valence-corrected chi connectivity index (χ0v) is 11.8. The van der Waals surface area contributed by atoms with Crippen LogP contribution in [0.2, 0.25) is 0 Å². The first-order chi connectivity index (χ1) is 10.5. The van der Waals surface area contributed by atoms with Gasteiger partial charge in [0, 0.05) is 6.20 Å². The number of amides is 1. The minimum Gasteiger partial charge on any atom is -0.388 e. The first kappa shape index (κ1) is 15.0. The maximum atomic E-state index is 13.3. The van der Waals surface area contributed by atoms with Gasteiger partial charge in [-0.05, 0) is 29.7 Å². The summed E-state index contributed by atoms with van der Waals surface area (Å²) in [5, 5.41) is 22.8. The van der Waals surface area contributed by atoms with Gasteiger partial charge in [0.2, 0.25) is 5.91 Å². The summed E-state index contributed by atoms with van der Waals surface area (Å²) < 4.78 is 20.0. The van der Waals surface area contributed by atoms with Crippen molar-refractivity contribution in [3.63, 3.8) is 0 Å². The minimum absolute atomic E-state index is 0.00767. The molecule has 3 rings (SSSR count). The van der Waals surface area contributed by atoms with Crippen LogP contribution in [-0.2, 0) is 16.1 Å². The highest BCUT2D eigenvalue weighted by atomic mass is 19.1. The van der Waals surface area contributed by atoms with Crippen LogP contribution in [0.3, 0.4) is 0 Å². The third kappa shape index (κ3) is 2.96. The zero-order valence-electron chi connectivity index (χ0n) is 11.8. The van der Waals surface area contributed by atoms with E-state index in [0.717, 1.165) is 5.39 Å². The molecule has 1 aliphatic heterocycles. The van der Waals surface area contributed by atoms with E-state index >= 15 is 0 Å². The molecule has 22 heavy (non-hydrogen) atoms. The van der Waals surface area contributed by atoms with Gasteiger partial charge in [0.25, 0.3) is 0 Å². The molecule has 0 unspecified atom stereocenters. The number of fused-ring (bicyclic) bond motifs is 1. The molecule has 1 aromatic carbocycles. The number of carbonyl (C=O) groups is 1. The lowest BCUT2D eigenvalue weighted by atomic mass is 10.0. The molecule has 0 bridgehead atoms. The van der Waals surface area contributed by atoms with Crippen LogP contribution in [0.25, 0.3) is 10.9 Å². The summed E-state index contributed by atoms with van der Waals surface area (Å²) in [6.45, 7) is 0.187. The monoisotopic (exact) mass is 308 g/mol. The highest BCUT2D eigenvalue weighted by Crippen LogP contribution is 2.17. The lowest BCUT2D eigenvalue weighted by Crippen LogP contribution is -2.56. The molecule has 3 N–H and O–H groups in total. The van der Waals surface area contributed by atoms with Crippen molar-refractivity contribution in [2.75, 3.05) is 13.2 Å². The molecule has 7 heteroatoms. The van der Waals surface area contributed by atoms with Crippen LogP contribution in [0.1, 0.15) is 0 Å². The molecule has 6 nitrogen and oxygen atoms in total. The molecule has 0 spiro atoms. The molecular formula is C15H17FN2O4. The topological polar surface area (TPSA) is 83.7 Å². The molecule has 2 aromatic rings. The van der Waals surface area contributed by atoms with E-state index in [9.17, 15) is 19.4 Å². The molecule has 118 valence electrons. The Balaban J connectivity index is 1.69. The number of carbonyl (C=O) groups excluding carboxylic acids is 1. The SMILES string of the molecule is O=C(Cn1ccc2ccc(F)cc21)N[C@@H]1COC[C@@H](O)[C@H]1O. The van der Waals surface area contributed by atoms with Gasteiger partial charge in [-0.25, -0.2) is 4.39 Å². The number of hydrogen-bond donors (Lipinski definition) is 3. The predicted molar refractivity (Wildman–Crippen MR) is 76.7 cm³/mol. The number of aromatic nitrogens is 1. The van der Waals surface area contributed by atoms with Gasteiger partial charge >= 0.3 is 0 Å². The number of aliphatic hydroxyl groups is 2. The van der Waals surface area contributed by atoms with Gasteiger partial charge in [-0.15, -0.1) is 0 Å². The Labute approximate surface area is 126 Å². The van der Waals surface area contributed by atoms with Gasteiger partial charge in [-0.1, -0.05) is 0 Å². The van der Waals surface area contributed by atoms with E-state index in [1.807, 2.05) is 0 Å². The molecule has 2 heterocycles. The Morgan fingerprint density at radius 3 is 3.00 bits per heavy atom. The molecule has 1 aromatic heterocycles. The number of nitrogens with one attached hydrogen (secondary N) is 1. The fourth-order valence-corrected chi connectivity index (χ4v) is 2.61. The van der Waals surface area contributed by atoms with Gasteiger partial charge in [0.15, 0.2) is 0 Å². The first-order valence-corrected chi connectivity index (χ1v) is 7.02. The average molecular weight is 308 g/mol. The summed E-state index contributed by atoms with van der Waals surface area (Å²) >= 11 is 0. The van der Waals surface area contributed by atoms with Crippen LogP contribution >= 0.6 is 0 Å². The van der Waals surface area contributed by atoms with Crippen molar-refractivity contribution in [1.29, 1.82) is 0 Å². The third-order valence-corrected chi connectivity index (χ3v) is 3.79. The van der Waals surface area contributed by atoms with E-state index in [0.29, 0.717) is 5.52 Å². The number of rotatable bonds is 3. The quantitative estimate of drug-likeness (QED) is 0.746. The normalized spacial score (nSPS) is 25.3. The van der Waals surface area contributed by atoms with Gasteiger partial charge in [-0.2, -0.15) is 0 Å². The molecule has 1 aliphatic rings. The van der Waals surface area contributed by atoms with E-state index in [-0.39, 0.29) is 31.5 Å². The van der Waals surface area contributed by atoms with E-state index < -0.39 is 18.2 Å². The number of aliphatic hydroxyl groups excluding tert-OH is 2. The Kier molecular flexibility index (Phi) is 4.10. The smallest absolute Gasteiger partial charge is 0.240 e. The molecule has 1 fully saturated rings. The second-order valence-corrected chi connectivity index (χ2v) is 5.42. The van der Waals surface area contributed by atoms with Crippen LogP contribution in [0.4, 0.5) is 4.39 Å². The molecule has 1 amide bonds. The summed E-state index contributed by atoms with van der Waals surface area (Å²) in [5.41, 5.74) is 0.621. The first-order valence-electron chi connectivity index (χ1n) is 7.02. The number of benzene rings is 1. The van der Waals surface area contributed by atoms with Crippen molar-refractivity contribution in [3.05, 3.63) is 36.3 Å². The molecule has 0 aliphatic carbocycles. The lowest BCUT2D eigenvalue weighted by molar-refractivity contribution is -0.132. The van der Waals surface area contributed by atoms with Gasteiger partial charge < -0.3 is 24.8 Å². The fourth-order valence-electron chi connectivity index (χ4n) is 2.61. The molecule has 0 saturated carbocycles. The van der Waals surface area contributed by atoms with Crippen LogP contribution in [0.15, 0.2) is 30.5 Å². The predicted octanol–water partition coefficient (Wildman–Crippen LogP) is 0.0172. The number of hydrogen-bond acceptors (Lipinski definition) is 4. The second-order valence-electron chi connectivity index (χ2n) is 5.42. The highest BCUT2D eigenvalue weighted by molar-refractivity contribution is 5.83. The summed E-state index contributed by atoms with van der Waals surface area (Å²) in [4.78, 5) is 12.1. The van der Waals surface area contributed by atoms with Crippen molar-refractivity contribution in [2.45, 2.75) is 24.8 Å². The molecule has 1 saturated heterocycles. The number of halogens is 1. The van der Waals surface area contributed by atoms with Crippen molar-refractivity contribution >= 4 is 16.8 Å². The Morgan fingerprint density at radius 1 is 1.36 bits per heavy atom. The summed E-state index contributed by atoms with van der Waals surface area (Å²) in [6.07, 6.45) is -0.371. The third-order valence-electron chi connectivity index (χ3n) is 3.79. The summed E-state index contributed by atoms with van der Waals surface area (Å²) in [5.74, 6) is -0.712. The van der Waals surface area contributed by atoms with Crippen LogP contribution < -0.4 is 5.32 Å². The van der Waals surface area contributed by atoms with Gasteiger partial charge in [0.1, 0.15) is 24.6 Å². The summed E-state index contributed by atoms with van der Waals surface area (Å²) in [7, 11) is 0. The van der Waals surface area contributed by atoms with Crippen LogP contribution in [-0.4, -0.2) is 52.2 Å². The molecule has 3 atom stereocenters. The Hall–Kier alpha value is -1.96. The van der Waals surface area contributed by atoms with E-state index in [2.05, 4.69) is 5.32 Å². The van der Waals surface area contributed by atoms with E-state index in [4.69, 9.17) is 4.74 Å². The molecule has 0 radical (unpaired) electrons. The number of ether oxygens (including phenoxy) is 1. The zero-order chi connectivity index (χ0) is 15.7. The fraction of sp³-hybridized carbons (Fsp3) is 0.400. The van der Waals surface area contributed by atoms with Crippen molar-refractivity contribution < 1.29 is 24.1 Å². The van der Waals surface area contributed by atoms with Crippen molar-refractivity contribution in [1.82, 2.24) is 9.88 Å². The van der Waals surface area contributed by atoms with Crippen molar-refractivity contribution in [2.24, 2.45) is 0 Å². The summed E-state index contributed by atoms with van der Waals surface area (Å²) in [6, 6.07) is 5.52. The largest absolute Gasteiger partial charge is 0.388 e. The lowest BCUT2D eigenvalue weighted by Gasteiger charge is -2.32. The van der Waals surface area contributed by atoms with Gasteiger partial charge in [-0.3, -0.25) is 4.79 Å². The van der Waals surface area contributed by atoms with Crippen LogP contribution in [0, 0.1) is 5.82 Å². The Morgan fingerprint density at radius 2 is 2.18 bits per heavy atom. The van der Waals surface area contributed by atoms with E-state index in [1.54, 1.807) is 22.9 Å². The van der Waals surface area contributed by atoms with Crippen LogP contribution in [0.5, 0.6) is 0 Å². The Bertz CT molecular complexity index is 687. The maximum Gasteiger partial charge on any atom is 0.240 e. The van der Waals surface area contributed by atoms with Crippen molar-refractivity contribution in [3.8, 4) is 0 Å². The standard InChI is InChI=1S/C15H17FN2O4/c16-10-2-1-9-3-4-18(12(9)5-10)6-14(20)17-11-7-22-8-13(19)15(11)21/h1-5,11,13,15,19,21H,6-8H2,(H,17,20)/t11-,13-,15+/m1/s1. The maximum absolute atomic E-state index is 13.3.